The van der Waals surface area contributed by atoms with E-state index in [1.807, 2.05) is 13.8 Å². The molecule has 0 aliphatic heterocycles. The van der Waals surface area contributed by atoms with Crippen LogP contribution in [0.1, 0.15) is 40.5 Å². The summed E-state index contributed by atoms with van der Waals surface area (Å²) in [5.74, 6) is 2.73. The fourth-order valence-corrected chi connectivity index (χ4v) is 2.86. The average molecular weight is 256 g/mol. The van der Waals surface area contributed by atoms with Gasteiger partial charge in [0.25, 0.3) is 0 Å². The minimum atomic E-state index is -0.0719. The van der Waals surface area contributed by atoms with Crippen LogP contribution in [0.25, 0.3) is 0 Å². The molecule has 3 heteroatoms. The zero-order valence-electron chi connectivity index (χ0n) is 11.4. The van der Waals surface area contributed by atoms with Gasteiger partial charge in [-0.2, -0.15) is 0 Å². The smallest absolute Gasteiger partial charge is 0.123 e. The van der Waals surface area contributed by atoms with Gasteiger partial charge < -0.3 is 9.90 Å². The molecule has 0 radical (unpaired) electrons. The molecule has 98 valence electrons. The van der Waals surface area contributed by atoms with Crippen LogP contribution in [-0.2, 0) is 4.79 Å². The van der Waals surface area contributed by atoms with E-state index in [-0.39, 0.29) is 23.1 Å². The first-order chi connectivity index (χ1) is 7.76. The van der Waals surface area contributed by atoms with Crippen LogP contribution in [0.3, 0.4) is 0 Å². The third kappa shape index (κ3) is 7.53. The monoisotopic (exact) mass is 256 g/mol. The van der Waals surface area contributed by atoms with Crippen molar-refractivity contribution in [1.29, 1.82) is 0 Å². The van der Waals surface area contributed by atoms with Gasteiger partial charge in [0.05, 0.1) is 6.61 Å². The summed E-state index contributed by atoms with van der Waals surface area (Å²) in [5, 5.41) is 9.12. The minimum Gasteiger partial charge on any atom is -0.395 e. The standard InChI is InChI=1S/C14H25O2P/c1-6-7-13(2,3)8-12(9-15)10-17-14(4,5)11-16/h1,9,12,16-17H,7-8,10-11H2,2-5H3. The van der Waals surface area contributed by atoms with Gasteiger partial charge in [0.1, 0.15) is 6.29 Å². The molecule has 0 aromatic rings. The molecule has 0 aromatic carbocycles. The molecule has 0 bridgehead atoms. The van der Waals surface area contributed by atoms with Crippen LogP contribution in [0.2, 0.25) is 0 Å². The van der Waals surface area contributed by atoms with Crippen molar-refractivity contribution in [2.75, 3.05) is 12.8 Å². The maximum absolute atomic E-state index is 11.1. The van der Waals surface area contributed by atoms with Crippen molar-refractivity contribution in [3.63, 3.8) is 0 Å². The molecule has 2 atom stereocenters. The molecule has 1 N–H and O–H groups in total. The summed E-state index contributed by atoms with van der Waals surface area (Å²) in [6, 6.07) is 0. The Morgan fingerprint density at radius 3 is 2.41 bits per heavy atom. The van der Waals surface area contributed by atoms with Crippen LogP contribution < -0.4 is 0 Å². The molecule has 0 aliphatic rings. The van der Waals surface area contributed by atoms with Gasteiger partial charge in [0.2, 0.25) is 0 Å². The van der Waals surface area contributed by atoms with E-state index in [1.54, 1.807) is 0 Å². The van der Waals surface area contributed by atoms with E-state index in [4.69, 9.17) is 6.42 Å². The van der Waals surface area contributed by atoms with Crippen LogP contribution in [-0.4, -0.2) is 29.3 Å². The molecular formula is C14H25O2P. The van der Waals surface area contributed by atoms with Crippen molar-refractivity contribution >= 4 is 14.9 Å². The molecule has 0 aliphatic carbocycles. The van der Waals surface area contributed by atoms with Crippen LogP contribution in [0.4, 0.5) is 0 Å². The van der Waals surface area contributed by atoms with Crippen molar-refractivity contribution < 1.29 is 9.90 Å². The molecule has 0 saturated carbocycles. The van der Waals surface area contributed by atoms with Crippen molar-refractivity contribution in [3.8, 4) is 12.3 Å². The second-order valence-electron chi connectivity index (χ2n) is 6.07. The topological polar surface area (TPSA) is 37.3 Å². The number of aliphatic hydroxyl groups excluding tert-OH is 1. The van der Waals surface area contributed by atoms with E-state index >= 15 is 0 Å². The zero-order chi connectivity index (χ0) is 13.5. The molecule has 0 rings (SSSR count). The van der Waals surface area contributed by atoms with Crippen LogP contribution in [0.15, 0.2) is 0 Å². The molecule has 0 amide bonds. The van der Waals surface area contributed by atoms with Crippen molar-refractivity contribution in [2.45, 2.75) is 45.7 Å². The number of hydrogen-bond acceptors (Lipinski definition) is 2. The van der Waals surface area contributed by atoms with Gasteiger partial charge >= 0.3 is 0 Å². The fourth-order valence-electron chi connectivity index (χ4n) is 1.69. The number of rotatable bonds is 8. The first kappa shape index (κ1) is 16.6. The maximum atomic E-state index is 11.1. The summed E-state index contributed by atoms with van der Waals surface area (Å²) >= 11 is 0. The van der Waals surface area contributed by atoms with Crippen LogP contribution >= 0.6 is 8.58 Å². The van der Waals surface area contributed by atoms with E-state index in [0.717, 1.165) is 18.9 Å². The highest BCUT2D eigenvalue weighted by Crippen LogP contribution is 2.36. The predicted octanol–water partition coefficient (Wildman–Crippen LogP) is 2.69. The van der Waals surface area contributed by atoms with Crippen LogP contribution in [0, 0.1) is 23.7 Å². The molecular weight excluding hydrogens is 231 g/mol. The van der Waals surface area contributed by atoms with Gasteiger partial charge in [-0.3, -0.25) is 0 Å². The molecule has 0 heterocycles. The number of carbonyl (C=O) groups is 1. The minimum absolute atomic E-state index is 0.0220. The van der Waals surface area contributed by atoms with Gasteiger partial charge in [-0.1, -0.05) is 27.7 Å². The molecule has 17 heavy (non-hydrogen) atoms. The molecule has 2 unspecified atom stereocenters. The summed E-state index contributed by atoms with van der Waals surface area (Å²) in [7, 11) is 0.601. The van der Waals surface area contributed by atoms with E-state index < -0.39 is 0 Å². The Hall–Kier alpha value is -0.380. The van der Waals surface area contributed by atoms with E-state index in [9.17, 15) is 9.90 Å². The van der Waals surface area contributed by atoms with Gasteiger partial charge in [0.15, 0.2) is 0 Å². The lowest BCUT2D eigenvalue weighted by Crippen LogP contribution is -2.23. The largest absolute Gasteiger partial charge is 0.395 e. The number of aliphatic hydroxyl groups is 1. The van der Waals surface area contributed by atoms with Gasteiger partial charge in [-0.05, 0) is 18.0 Å². The second-order valence-corrected chi connectivity index (χ2v) is 8.18. The SMILES string of the molecule is C#CCC(C)(C)CC(C=O)CPC(C)(C)CO. The highest BCUT2D eigenvalue weighted by molar-refractivity contribution is 7.40. The van der Waals surface area contributed by atoms with Gasteiger partial charge in [-0.25, -0.2) is 0 Å². The highest BCUT2D eigenvalue weighted by atomic mass is 31.1. The van der Waals surface area contributed by atoms with Gasteiger partial charge in [0, 0.05) is 17.5 Å². The van der Waals surface area contributed by atoms with E-state index in [2.05, 4.69) is 19.8 Å². The van der Waals surface area contributed by atoms with Gasteiger partial charge in [-0.15, -0.1) is 20.9 Å². The van der Waals surface area contributed by atoms with Crippen LogP contribution in [0.5, 0.6) is 0 Å². The maximum Gasteiger partial charge on any atom is 0.123 e. The molecule has 0 aromatic heterocycles. The number of hydrogen-bond donors (Lipinski definition) is 1. The van der Waals surface area contributed by atoms with Crippen molar-refractivity contribution in [3.05, 3.63) is 0 Å². The second kappa shape index (κ2) is 7.14. The highest BCUT2D eigenvalue weighted by Gasteiger charge is 2.24. The molecule has 0 saturated heterocycles. The summed E-state index contributed by atoms with van der Waals surface area (Å²) in [6.45, 7) is 8.43. The summed E-state index contributed by atoms with van der Waals surface area (Å²) in [4.78, 5) is 11.1. The third-order valence-corrected chi connectivity index (χ3v) is 4.67. The van der Waals surface area contributed by atoms with E-state index in [1.165, 1.54) is 0 Å². The van der Waals surface area contributed by atoms with Crippen molar-refractivity contribution in [1.82, 2.24) is 0 Å². The normalized spacial score (nSPS) is 14.8. The molecule has 0 fully saturated rings. The summed E-state index contributed by atoms with van der Waals surface area (Å²) in [5.41, 5.74) is 0.0220. The third-order valence-electron chi connectivity index (χ3n) is 2.83. The molecule has 0 spiro atoms. The lowest BCUT2D eigenvalue weighted by atomic mass is 9.81. The lowest BCUT2D eigenvalue weighted by molar-refractivity contribution is -0.111. The Labute approximate surface area is 107 Å². The first-order valence-electron chi connectivity index (χ1n) is 6.01. The predicted molar refractivity (Wildman–Crippen MR) is 75.7 cm³/mol. The van der Waals surface area contributed by atoms with E-state index in [0.29, 0.717) is 15.0 Å². The lowest BCUT2D eigenvalue weighted by Gasteiger charge is -2.28. The Balaban J connectivity index is 4.27. The summed E-state index contributed by atoms with van der Waals surface area (Å²) in [6.07, 6.45) is 8.75. The Morgan fingerprint density at radius 1 is 1.41 bits per heavy atom. The average Bonchev–Trinajstić information content (AvgIpc) is 2.24. The zero-order valence-corrected chi connectivity index (χ0v) is 12.4. The molecule has 2 nitrogen and oxygen atoms in total. The first-order valence-corrected chi connectivity index (χ1v) is 7.22. The Kier molecular flexibility index (Phi) is 6.98. The quantitative estimate of drug-likeness (QED) is 0.412. The number of aldehydes is 1. The van der Waals surface area contributed by atoms with Crippen molar-refractivity contribution in [2.24, 2.45) is 11.3 Å². The Bertz CT molecular complexity index is 276. The number of carbonyl (C=O) groups excluding carboxylic acids is 1. The number of terminal acetylenes is 1. The summed E-state index contributed by atoms with van der Waals surface area (Å²) < 4.78 is 0. The Morgan fingerprint density at radius 2 is 2.00 bits per heavy atom. The fraction of sp³-hybridized carbons (Fsp3) is 0.786.